The molecule has 6 nitrogen and oxygen atoms in total. The first-order valence-corrected chi connectivity index (χ1v) is 9.47. The van der Waals surface area contributed by atoms with E-state index < -0.39 is 4.92 Å². The minimum Gasteiger partial charge on any atom is -0.457 e. The van der Waals surface area contributed by atoms with Crippen molar-refractivity contribution in [1.82, 2.24) is 0 Å². The molecule has 0 radical (unpaired) electrons. The molecule has 0 heterocycles. The third-order valence-electron chi connectivity index (χ3n) is 4.17. The van der Waals surface area contributed by atoms with Gasteiger partial charge >= 0.3 is 0 Å². The zero-order valence-corrected chi connectivity index (χ0v) is 17.3. The third-order valence-corrected chi connectivity index (χ3v) is 4.63. The van der Waals surface area contributed by atoms with E-state index in [9.17, 15) is 10.1 Å². The highest BCUT2D eigenvalue weighted by atomic mass is 35.5. The largest absolute Gasteiger partial charge is 0.457 e. The lowest BCUT2D eigenvalue weighted by molar-refractivity contribution is -0.384. The van der Waals surface area contributed by atoms with Crippen molar-refractivity contribution in [2.75, 3.05) is 10.6 Å². The van der Waals surface area contributed by atoms with Gasteiger partial charge in [-0.1, -0.05) is 17.7 Å². The summed E-state index contributed by atoms with van der Waals surface area (Å²) in [4.78, 5) is 10.8. The molecule has 0 bridgehead atoms. The lowest BCUT2D eigenvalue weighted by Gasteiger charge is -2.13. The predicted molar refractivity (Wildman–Crippen MR) is 120 cm³/mol. The topological polar surface area (TPSA) is 76.4 Å². The van der Waals surface area contributed by atoms with Gasteiger partial charge in [0.1, 0.15) is 11.5 Å². The van der Waals surface area contributed by atoms with Gasteiger partial charge in [-0.3, -0.25) is 10.1 Å². The maximum absolute atomic E-state index is 11.3. The van der Waals surface area contributed by atoms with Gasteiger partial charge in [0.15, 0.2) is 5.11 Å². The lowest BCUT2D eigenvalue weighted by Crippen LogP contribution is -2.19. The van der Waals surface area contributed by atoms with E-state index in [1.165, 1.54) is 17.7 Å². The van der Waals surface area contributed by atoms with Crippen LogP contribution in [0.15, 0.2) is 60.7 Å². The maximum atomic E-state index is 11.3. The number of hydrogen-bond acceptors (Lipinski definition) is 4. The second-order valence-electron chi connectivity index (χ2n) is 6.41. The maximum Gasteiger partial charge on any atom is 0.275 e. The summed E-state index contributed by atoms with van der Waals surface area (Å²) in [6.45, 7) is 4.04. The van der Waals surface area contributed by atoms with Gasteiger partial charge in [-0.15, -0.1) is 0 Å². The molecule has 2 N–H and O–H groups in total. The lowest BCUT2D eigenvalue weighted by atomic mass is 10.1. The third kappa shape index (κ3) is 5.66. The molecule has 3 rings (SSSR count). The number of nitro benzene ring substituents is 1. The summed E-state index contributed by atoms with van der Waals surface area (Å²) in [7, 11) is 0. The molecule has 0 saturated heterocycles. The zero-order chi connectivity index (χ0) is 21.0. The van der Waals surface area contributed by atoms with E-state index in [-0.39, 0.29) is 5.69 Å². The van der Waals surface area contributed by atoms with Crippen LogP contribution in [0.4, 0.5) is 17.1 Å². The average Bonchev–Trinajstić information content (AvgIpc) is 2.66. The number of anilines is 2. The molecule has 0 aliphatic rings. The second-order valence-corrected chi connectivity index (χ2v) is 7.25. The van der Waals surface area contributed by atoms with Crippen LogP contribution in [-0.4, -0.2) is 10.0 Å². The summed E-state index contributed by atoms with van der Waals surface area (Å²) in [6.07, 6.45) is 0. The number of thiocarbonyl (C=S) groups is 1. The fourth-order valence-corrected chi connectivity index (χ4v) is 2.93. The van der Waals surface area contributed by atoms with Crippen LogP contribution in [-0.2, 0) is 0 Å². The Balaban J connectivity index is 1.79. The number of nitrogens with one attached hydrogen (secondary N) is 2. The number of halogens is 1. The van der Waals surface area contributed by atoms with E-state index in [2.05, 4.69) is 10.6 Å². The van der Waals surface area contributed by atoms with Crippen LogP contribution >= 0.6 is 23.8 Å². The molecule has 0 aliphatic carbocycles. The minimum atomic E-state index is -0.486. The van der Waals surface area contributed by atoms with Crippen molar-refractivity contribution in [3.8, 4) is 11.5 Å². The molecule has 0 fully saturated rings. The molecule has 3 aromatic rings. The van der Waals surface area contributed by atoms with Gasteiger partial charge in [-0.2, -0.15) is 0 Å². The molecule has 148 valence electrons. The molecular weight excluding hydrogens is 410 g/mol. The van der Waals surface area contributed by atoms with Gasteiger partial charge in [-0.05, 0) is 73.6 Å². The minimum absolute atomic E-state index is 0.118. The Morgan fingerprint density at radius 2 is 1.62 bits per heavy atom. The van der Waals surface area contributed by atoms with Crippen molar-refractivity contribution in [2.24, 2.45) is 0 Å². The number of rotatable bonds is 5. The van der Waals surface area contributed by atoms with Crippen molar-refractivity contribution in [1.29, 1.82) is 0 Å². The predicted octanol–water partition coefficient (Wildman–Crippen LogP) is 6.47. The highest BCUT2D eigenvalue weighted by molar-refractivity contribution is 7.80. The number of benzene rings is 3. The van der Waals surface area contributed by atoms with Gasteiger partial charge in [0.05, 0.1) is 16.7 Å². The van der Waals surface area contributed by atoms with Crippen molar-refractivity contribution in [2.45, 2.75) is 13.8 Å². The second kappa shape index (κ2) is 8.89. The number of non-ortho nitro benzene ring substituents is 1. The van der Waals surface area contributed by atoms with Crippen molar-refractivity contribution < 1.29 is 9.66 Å². The first kappa shape index (κ1) is 20.6. The SMILES string of the molecule is Cc1ccc(NC(=S)Nc2cc(Oc3ccc(Cl)cc3)cc([N+](=O)[O-])c2)cc1C. The standard InChI is InChI=1S/C21H18ClN3O3S/c1-13-3-6-16(9-14(13)2)23-21(29)24-17-10-18(25(26)27)12-20(11-17)28-19-7-4-15(22)5-8-19/h3-12H,1-2H3,(H2,23,24,29). The molecule has 8 heteroatoms. The normalized spacial score (nSPS) is 10.3. The van der Waals surface area contributed by atoms with Gasteiger partial charge < -0.3 is 15.4 Å². The van der Waals surface area contributed by atoms with Gasteiger partial charge in [-0.25, -0.2) is 0 Å². The number of ether oxygens (including phenoxy) is 1. The molecule has 29 heavy (non-hydrogen) atoms. The molecule has 0 aromatic heterocycles. The van der Waals surface area contributed by atoms with Crippen molar-refractivity contribution >= 4 is 46.0 Å². The Morgan fingerprint density at radius 1 is 0.931 bits per heavy atom. The summed E-state index contributed by atoms with van der Waals surface area (Å²) in [5, 5.41) is 18.2. The van der Waals surface area contributed by atoms with Crippen LogP contribution in [0.3, 0.4) is 0 Å². The monoisotopic (exact) mass is 427 g/mol. The summed E-state index contributed by atoms with van der Waals surface area (Å²) in [5.74, 6) is 0.815. The van der Waals surface area contributed by atoms with Gasteiger partial charge in [0.25, 0.3) is 5.69 Å². The van der Waals surface area contributed by atoms with Crippen LogP contribution < -0.4 is 15.4 Å². The molecule has 0 unspecified atom stereocenters. The van der Waals surface area contributed by atoms with E-state index in [4.69, 9.17) is 28.6 Å². The van der Waals surface area contributed by atoms with E-state index in [0.29, 0.717) is 27.3 Å². The number of nitrogens with zero attached hydrogens (tertiary/aromatic N) is 1. The van der Waals surface area contributed by atoms with E-state index in [0.717, 1.165) is 11.3 Å². The van der Waals surface area contributed by atoms with Crippen LogP contribution in [0.5, 0.6) is 11.5 Å². The quantitative estimate of drug-likeness (QED) is 0.276. The first-order chi connectivity index (χ1) is 13.8. The fraction of sp³-hybridized carbons (Fsp3) is 0.0952. The van der Waals surface area contributed by atoms with Crippen LogP contribution in [0.1, 0.15) is 11.1 Å². The van der Waals surface area contributed by atoms with Crippen molar-refractivity contribution in [3.05, 3.63) is 86.9 Å². The Labute approximate surface area is 178 Å². The zero-order valence-electron chi connectivity index (χ0n) is 15.7. The summed E-state index contributed by atoms with van der Waals surface area (Å²) in [6, 6.07) is 17.0. The number of aryl methyl sites for hydroxylation is 2. The molecule has 0 aliphatic heterocycles. The number of hydrogen-bond donors (Lipinski definition) is 2. The summed E-state index contributed by atoms with van der Waals surface area (Å²) in [5.41, 5.74) is 3.45. The highest BCUT2D eigenvalue weighted by Gasteiger charge is 2.12. The molecule has 0 amide bonds. The molecule has 0 atom stereocenters. The van der Waals surface area contributed by atoms with Gasteiger partial charge in [0.2, 0.25) is 0 Å². The summed E-state index contributed by atoms with van der Waals surface area (Å²) >= 11 is 11.2. The Kier molecular flexibility index (Phi) is 6.31. The smallest absolute Gasteiger partial charge is 0.275 e. The molecular formula is C21H18ClN3O3S. The van der Waals surface area contributed by atoms with Crippen LogP contribution in [0.2, 0.25) is 5.02 Å². The van der Waals surface area contributed by atoms with Gasteiger partial charge in [0, 0.05) is 22.8 Å². The highest BCUT2D eigenvalue weighted by Crippen LogP contribution is 2.30. The molecule has 3 aromatic carbocycles. The Hall–Kier alpha value is -3.16. The molecule has 0 saturated carbocycles. The average molecular weight is 428 g/mol. The van der Waals surface area contributed by atoms with E-state index in [1.54, 1.807) is 30.3 Å². The first-order valence-electron chi connectivity index (χ1n) is 8.68. The Bertz CT molecular complexity index is 1070. The summed E-state index contributed by atoms with van der Waals surface area (Å²) < 4.78 is 5.73. The van der Waals surface area contributed by atoms with Crippen LogP contribution in [0, 0.1) is 24.0 Å². The van der Waals surface area contributed by atoms with Crippen molar-refractivity contribution in [3.63, 3.8) is 0 Å². The van der Waals surface area contributed by atoms with E-state index >= 15 is 0 Å². The van der Waals surface area contributed by atoms with Crippen LogP contribution in [0.25, 0.3) is 0 Å². The Morgan fingerprint density at radius 3 is 2.28 bits per heavy atom. The fourth-order valence-electron chi connectivity index (χ4n) is 2.57. The number of nitro groups is 1. The van der Waals surface area contributed by atoms with E-state index in [1.807, 2.05) is 32.0 Å². The molecule has 0 spiro atoms.